The molecule has 0 N–H and O–H groups in total. The molecule has 15 heavy (non-hydrogen) atoms. The highest BCUT2D eigenvalue weighted by Gasteiger charge is 2.66. The van der Waals surface area contributed by atoms with Gasteiger partial charge in [0.15, 0.2) is 0 Å². The Balaban J connectivity index is 2.22. The number of hydrogen-bond donors (Lipinski definition) is 0. The van der Waals surface area contributed by atoms with Crippen LogP contribution in [-0.4, -0.2) is 12.7 Å². The van der Waals surface area contributed by atoms with Gasteiger partial charge in [0.05, 0.1) is 6.10 Å². The van der Waals surface area contributed by atoms with E-state index >= 15 is 0 Å². The van der Waals surface area contributed by atoms with Gasteiger partial charge in [-0.1, -0.05) is 34.1 Å². The zero-order valence-electron chi connectivity index (χ0n) is 10.9. The smallest absolute Gasteiger partial charge is 0.0583 e. The molecule has 0 aromatic carbocycles. The van der Waals surface area contributed by atoms with E-state index in [1.807, 2.05) is 0 Å². The van der Waals surface area contributed by atoms with Crippen molar-refractivity contribution in [2.45, 2.75) is 53.6 Å². The second-order valence-electron chi connectivity index (χ2n) is 6.01. The Hall–Kier alpha value is -0.0400. The van der Waals surface area contributed by atoms with Crippen LogP contribution in [0.1, 0.15) is 47.5 Å². The molecule has 1 heteroatoms. The van der Waals surface area contributed by atoms with Crippen LogP contribution in [0.15, 0.2) is 0 Å². The average molecular weight is 210 g/mol. The van der Waals surface area contributed by atoms with E-state index < -0.39 is 0 Å². The van der Waals surface area contributed by atoms with Gasteiger partial charge in [0.2, 0.25) is 0 Å². The van der Waals surface area contributed by atoms with Gasteiger partial charge in [-0.2, -0.15) is 0 Å². The molecule has 1 heterocycles. The first kappa shape index (κ1) is 11.4. The van der Waals surface area contributed by atoms with Crippen molar-refractivity contribution in [1.82, 2.24) is 0 Å². The predicted molar refractivity (Wildman–Crippen MR) is 63.7 cm³/mol. The Morgan fingerprint density at radius 3 is 2.47 bits per heavy atom. The Labute approximate surface area is 94.6 Å². The van der Waals surface area contributed by atoms with Gasteiger partial charge < -0.3 is 4.74 Å². The van der Waals surface area contributed by atoms with E-state index in [0.29, 0.717) is 11.5 Å². The van der Waals surface area contributed by atoms with E-state index in [1.54, 1.807) is 0 Å². The molecule has 2 rings (SSSR count). The molecule has 5 unspecified atom stereocenters. The Morgan fingerprint density at radius 1 is 1.33 bits per heavy atom. The lowest BCUT2D eigenvalue weighted by molar-refractivity contribution is -0.0819. The van der Waals surface area contributed by atoms with E-state index in [4.69, 9.17) is 4.74 Å². The number of hydrogen-bond acceptors (Lipinski definition) is 1. The first-order valence-electron chi connectivity index (χ1n) is 6.67. The van der Waals surface area contributed by atoms with Crippen LogP contribution < -0.4 is 0 Å². The Bertz CT molecular complexity index is 235. The summed E-state index contributed by atoms with van der Waals surface area (Å²) in [5.41, 5.74) is 0.639. The fraction of sp³-hybridized carbons (Fsp3) is 1.00. The molecule has 5 atom stereocenters. The largest absolute Gasteiger partial charge is 0.378 e. The summed E-state index contributed by atoms with van der Waals surface area (Å²) in [6.45, 7) is 12.8. The molecule has 2 fully saturated rings. The molecular formula is C14H26O. The maximum Gasteiger partial charge on any atom is 0.0583 e. The quantitative estimate of drug-likeness (QED) is 0.675. The van der Waals surface area contributed by atoms with Crippen LogP contribution in [0.4, 0.5) is 0 Å². The highest BCUT2D eigenvalue weighted by atomic mass is 16.5. The van der Waals surface area contributed by atoms with Crippen molar-refractivity contribution in [3.8, 4) is 0 Å². The van der Waals surface area contributed by atoms with Crippen LogP contribution >= 0.6 is 0 Å². The molecule has 1 spiro atoms. The van der Waals surface area contributed by atoms with Crippen molar-refractivity contribution in [1.29, 1.82) is 0 Å². The minimum absolute atomic E-state index is 0.470. The fourth-order valence-corrected chi connectivity index (χ4v) is 4.74. The molecule has 1 aliphatic carbocycles. The van der Waals surface area contributed by atoms with E-state index in [-0.39, 0.29) is 0 Å². The number of rotatable bonds is 2. The highest BCUT2D eigenvalue weighted by molar-refractivity contribution is 5.13. The van der Waals surface area contributed by atoms with Crippen molar-refractivity contribution >= 4 is 0 Å². The maximum absolute atomic E-state index is 5.87. The second-order valence-corrected chi connectivity index (χ2v) is 6.01. The average Bonchev–Trinajstić information content (AvgIpc) is 2.70. The molecular weight excluding hydrogens is 184 g/mol. The normalized spacial score (nSPS) is 50.0. The molecule has 1 saturated heterocycles. The zero-order valence-corrected chi connectivity index (χ0v) is 10.9. The molecule has 0 amide bonds. The van der Waals surface area contributed by atoms with Gasteiger partial charge in [-0.25, -0.2) is 0 Å². The van der Waals surface area contributed by atoms with Crippen molar-refractivity contribution in [2.75, 3.05) is 6.61 Å². The van der Waals surface area contributed by atoms with Gasteiger partial charge in [0.1, 0.15) is 0 Å². The summed E-state index contributed by atoms with van der Waals surface area (Å²) in [7, 11) is 0. The summed E-state index contributed by atoms with van der Waals surface area (Å²) in [4.78, 5) is 0. The van der Waals surface area contributed by atoms with Crippen molar-refractivity contribution in [3.05, 3.63) is 0 Å². The van der Waals surface area contributed by atoms with E-state index in [9.17, 15) is 0 Å². The fourth-order valence-electron chi connectivity index (χ4n) is 4.74. The monoisotopic (exact) mass is 210 g/mol. The molecule has 1 saturated carbocycles. The predicted octanol–water partition coefficient (Wildman–Crippen LogP) is 3.73. The third-order valence-corrected chi connectivity index (χ3v) is 5.23. The molecule has 2 aliphatic rings. The minimum atomic E-state index is 0.470. The lowest BCUT2D eigenvalue weighted by Crippen LogP contribution is -2.40. The maximum atomic E-state index is 5.87. The van der Waals surface area contributed by atoms with Crippen molar-refractivity contribution < 1.29 is 4.74 Å². The highest BCUT2D eigenvalue weighted by Crippen LogP contribution is 2.70. The standard InChI is InChI=1S/C14H26O/c1-6-12-10(4)14(12)7-8-15-11(5)13(14)9(2)3/h9-13H,6-8H2,1-5H3. The summed E-state index contributed by atoms with van der Waals surface area (Å²) in [5, 5.41) is 0. The van der Waals surface area contributed by atoms with E-state index in [2.05, 4.69) is 34.6 Å². The van der Waals surface area contributed by atoms with Gasteiger partial charge in [-0.05, 0) is 42.4 Å². The van der Waals surface area contributed by atoms with Gasteiger partial charge in [0, 0.05) is 6.61 Å². The first-order valence-corrected chi connectivity index (χ1v) is 6.67. The lowest BCUT2D eigenvalue weighted by atomic mass is 9.71. The van der Waals surface area contributed by atoms with Crippen LogP contribution in [0, 0.1) is 29.1 Å². The van der Waals surface area contributed by atoms with Crippen molar-refractivity contribution in [3.63, 3.8) is 0 Å². The summed E-state index contributed by atoms with van der Waals surface area (Å²) in [6, 6.07) is 0. The van der Waals surface area contributed by atoms with Gasteiger partial charge in [-0.15, -0.1) is 0 Å². The van der Waals surface area contributed by atoms with Crippen LogP contribution in [0.5, 0.6) is 0 Å². The Kier molecular flexibility index (Phi) is 2.87. The van der Waals surface area contributed by atoms with Gasteiger partial charge in [0.25, 0.3) is 0 Å². The minimum Gasteiger partial charge on any atom is -0.378 e. The molecule has 1 nitrogen and oxygen atoms in total. The molecule has 0 bridgehead atoms. The third kappa shape index (κ3) is 1.46. The SMILES string of the molecule is CCC1C(C)C12CCOC(C)C2C(C)C. The summed E-state index contributed by atoms with van der Waals surface area (Å²) >= 11 is 0. The van der Waals surface area contributed by atoms with Crippen LogP contribution in [-0.2, 0) is 4.74 Å². The number of ether oxygens (including phenoxy) is 1. The van der Waals surface area contributed by atoms with E-state index in [0.717, 1.165) is 30.3 Å². The van der Waals surface area contributed by atoms with E-state index in [1.165, 1.54) is 12.8 Å². The molecule has 0 aromatic heterocycles. The molecule has 1 aliphatic heterocycles. The van der Waals surface area contributed by atoms with Crippen molar-refractivity contribution in [2.24, 2.45) is 29.1 Å². The Morgan fingerprint density at radius 2 is 2.00 bits per heavy atom. The van der Waals surface area contributed by atoms with Gasteiger partial charge in [-0.3, -0.25) is 0 Å². The van der Waals surface area contributed by atoms with Crippen LogP contribution in [0.3, 0.4) is 0 Å². The summed E-state index contributed by atoms with van der Waals surface area (Å²) < 4.78 is 5.87. The molecule has 0 aromatic rings. The first-order chi connectivity index (χ1) is 7.05. The zero-order chi connectivity index (χ0) is 11.2. The lowest BCUT2D eigenvalue weighted by Gasteiger charge is -2.41. The molecule has 0 radical (unpaired) electrons. The summed E-state index contributed by atoms with van der Waals surface area (Å²) in [6.07, 6.45) is 3.13. The topological polar surface area (TPSA) is 9.23 Å². The summed E-state index contributed by atoms with van der Waals surface area (Å²) in [5.74, 6) is 3.45. The van der Waals surface area contributed by atoms with Gasteiger partial charge >= 0.3 is 0 Å². The molecule has 88 valence electrons. The van der Waals surface area contributed by atoms with Crippen LogP contribution in [0.2, 0.25) is 0 Å². The third-order valence-electron chi connectivity index (χ3n) is 5.23. The van der Waals surface area contributed by atoms with Crippen LogP contribution in [0.25, 0.3) is 0 Å². The second kappa shape index (κ2) is 3.76.